The van der Waals surface area contributed by atoms with Gasteiger partial charge >= 0.3 is 0 Å². The van der Waals surface area contributed by atoms with Gasteiger partial charge in [0.25, 0.3) is 0 Å². The summed E-state index contributed by atoms with van der Waals surface area (Å²) in [5, 5.41) is 0. The molecule has 2 atom stereocenters. The Labute approximate surface area is 90.5 Å². The molecule has 0 nitrogen and oxygen atoms in total. The van der Waals surface area contributed by atoms with Gasteiger partial charge in [-0.15, -0.1) is 11.8 Å². The van der Waals surface area contributed by atoms with Gasteiger partial charge in [0.1, 0.15) is 0 Å². The molecule has 74 valence electrons. The van der Waals surface area contributed by atoms with Crippen LogP contribution in [0, 0.1) is 11.8 Å². The highest BCUT2D eigenvalue weighted by Gasteiger charge is 2.20. The Kier molecular flexibility index (Phi) is 2.97. The maximum absolute atomic E-state index is 2.32. The van der Waals surface area contributed by atoms with Crippen LogP contribution in [0.1, 0.15) is 13.3 Å². The maximum atomic E-state index is 2.32. The van der Waals surface area contributed by atoms with Crippen LogP contribution in [0.15, 0.2) is 46.9 Å². The van der Waals surface area contributed by atoms with E-state index in [4.69, 9.17) is 0 Å². The van der Waals surface area contributed by atoms with Gasteiger partial charge in [-0.1, -0.05) is 42.0 Å². The van der Waals surface area contributed by atoms with Crippen LogP contribution in [0.3, 0.4) is 0 Å². The predicted molar refractivity (Wildman–Crippen MR) is 65.2 cm³/mol. The van der Waals surface area contributed by atoms with E-state index in [1.807, 2.05) is 11.8 Å². The first-order valence-electron chi connectivity index (χ1n) is 5.08. The molecule has 0 saturated carbocycles. The summed E-state index contributed by atoms with van der Waals surface area (Å²) in [4.78, 5) is 1.51. The van der Waals surface area contributed by atoms with E-state index in [9.17, 15) is 0 Å². The van der Waals surface area contributed by atoms with E-state index >= 15 is 0 Å². The van der Waals surface area contributed by atoms with Crippen LogP contribution in [0.2, 0.25) is 0 Å². The quantitative estimate of drug-likeness (QED) is 0.671. The molecule has 0 spiro atoms. The zero-order valence-electron chi connectivity index (χ0n) is 8.73. The molecule has 2 aliphatic rings. The topological polar surface area (TPSA) is 0 Å². The Morgan fingerprint density at radius 1 is 1.14 bits per heavy atom. The van der Waals surface area contributed by atoms with Crippen molar-refractivity contribution in [3.8, 4) is 0 Å². The number of allylic oxidation sites excluding steroid dienone is 8. The van der Waals surface area contributed by atoms with E-state index in [0.717, 1.165) is 0 Å². The number of thioether (sulfide) groups is 1. The average molecular weight is 204 g/mol. The largest absolute Gasteiger partial charge is 0.133 e. The minimum atomic E-state index is 0.654. The van der Waals surface area contributed by atoms with E-state index in [1.165, 1.54) is 16.9 Å². The highest BCUT2D eigenvalue weighted by molar-refractivity contribution is 8.02. The zero-order valence-corrected chi connectivity index (χ0v) is 9.55. The second kappa shape index (κ2) is 4.22. The summed E-state index contributed by atoms with van der Waals surface area (Å²) in [6, 6.07) is 0. The van der Waals surface area contributed by atoms with Gasteiger partial charge in [0.05, 0.1) is 0 Å². The summed E-state index contributed by atoms with van der Waals surface area (Å²) in [5.74, 6) is 1.32. The van der Waals surface area contributed by atoms with Gasteiger partial charge in [0, 0.05) is 5.92 Å². The molecule has 0 amide bonds. The lowest BCUT2D eigenvalue weighted by Crippen LogP contribution is -2.04. The summed E-state index contributed by atoms with van der Waals surface area (Å²) in [5.41, 5.74) is 1.51. The van der Waals surface area contributed by atoms with Gasteiger partial charge in [-0.25, -0.2) is 0 Å². The van der Waals surface area contributed by atoms with Crippen LogP contribution >= 0.6 is 11.8 Å². The summed E-state index contributed by atoms with van der Waals surface area (Å²) in [6.07, 6.45) is 16.9. The Morgan fingerprint density at radius 2 is 1.86 bits per heavy atom. The van der Waals surface area contributed by atoms with E-state index in [-0.39, 0.29) is 0 Å². The summed E-state index contributed by atoms with van der Waals surface area (Å²) in [6.45, 7) is 2.23. The molecular formula is C13H16S. The summed E-state index contributed by atoms with van der Waals surface area (Å²) >= 11 is 1.88. The Hall–Kier alpha value is -0.690. The fourth-order valence-corrected chi connectivity index (χ4v) is 2.76. The van der Waals surface area contributed by atoms with E-state index in [2.05, 4.69) is 49.6 Å². The number of hydrogen-bond acceptors (Lipinski definition) is 1. The van der Waals surface area contributed by atoms with E-state index < -0.39 is 0 Å². The normalized spacial score (nSPS) is 29.6. The zero-order chi connectivity index (χ0) is 9.97. The Balaban J connectivity index is 1.99. The first kappa shape index (κ1) is 9.85. The Bertz CT molecular complexity index is 331. The van der Waals surface area contributed by atoms with Gasteiger partial charge in [-0.05, 0) is 30.4 Å². The summed E-state index contributed by atoms with van der Waals surface area (Å²) < 4.78 is 0. The SMILES string of the molecule is CSC1=CC=CC1CC1C=CC=C1C. The first-order chi connectivity index (χ1) is 6.81. The second-order valence-corrected chi connectivity index (χ2v) is 4.78. The lowest BCUT2D eigenvalue weighted by molar-refractivity contribution is 0.607. The fraction of sp³-hybridized carbons (Fsp3) is 0.385. The molecule has 2 aliphatic carbocycles. The molecule has 0 aliphatic heterocycles. The molecule has 0 saturated heterocycles. The third-order valence-electron chi connectivity index (χ3n) is 3.00. The smallest absolute Gasteiger partial charge is 0.00895 e. The van der Waals surface area contributed by atoms with Gasteiger partial charge < -0.3 is 0 Å². The monoisotopic (exact) mass is 204 g/mol. The van der Waals surface area contributed by atoms with Crippen molar-refractivity contribution in [3.05, 3.63) is 46.9 Å². The van der Waals surface area contributed by atoms with Crippen molar-refractivity contribution in [1.29, 1.82) is 0 Å². The number of hydrogen-bond donors (Lipinski definition) is 0. The molecule has 0 radical (unpaired) electrons. The highest BCUT2D eigenvalue weighted by Crippen LogP contribution is 2.36. The van der Waals surface area contributed by atoms with E-state index in [0.29, 0.717) is 11.8 Å². The van der Waals surface area contributed by atoms with Gasteiger partial charge in [0.2, 0.25) is 0 Å². The average Bonchev–Trinajstić information content (AvgIpc) is 2.77. The maximum Gasteiger partial charge on any atom is 0.00895 e. The van der Waals surface area contributed by atoms with Crippen molar-refractivity contribution in [1.82, 2.24) is 0 Å². The molecule has 0 aromatic heterocycles. The van der Waals surface area contributed by atoms with Gasteiger partial charge in [-0.3, -0.25) is 0 Å². The van der Waals surface area contributed by atoms with Crippen molar-refractivity contribution < 1.29 is 0 Å². The molecule has 0 N–H and O–H groups in total. The third-order valence-corrected chi connectivity index (χ3v) is 3.91. The molecule has 14 heavy (non-hydrogen) atoms. The molecule has 0 bridgehead atoms. The van der Waals surface area contributed by atoms with Gasteiger partial charge in [-0.2, -0.15) is 0 Å². The molecule has 0 aromatic rings. The van der Waals surface area contributed by atoms with E-state index in [1.54, 1.807) is 0 Å². The second-order valence-electron chi connectivity index (χ2n) is 3.90. The van der Waals surface area contributed by atoms with Crippen molar-refractivity contribution in [2.45, 2.75) is 13.3 Å². The van der Waals surface area contributed by atoms with Crippen molar-refractivity contribution in [3.63, 3.8) is 0 Å². The lowest BCUT2D eigenvalue weighted by atomic mass is 9.92. The molecular weight excluding hydrogens is 188 g/mol. The predicted octanol–water partition coefficient (Wildman–Crippen LogP) is 3.94. The molecule has 0 heterocycles. The van der Waals surface area contributed by atoms with Crippen LogP contribution in [-0.4, -0.2) is 6.26 Å². The third kappa shape index (κ3) is 1.88. The molecule has 0 aromatic carbocycles. The van der Waals surface area contributed by atoms with Crippen LogP contribution in [-0.2, 0) is 0 Å². The van der Waals surface area contributed by atoms with Crippen LogP contribution in [0.25, 0.3) is 0 Å². The minimum absolute atomic E-state index is 0.654. The van der Waals surface area contributed by atoms with Crippen LogP contribution in [0.4, 0.5) is 0 Å². The van der Waals surface area contributed by atoms with Crippen molar-refractivity contribution in [2.75, 3.05) is 6.26 Å². The molecule has 1 heteroatoms. The van der Waals surface area contributed by atoms with Gasteiger partial charge in [0.15, 0.2) is 0 Å². The van der Waals surface area contributed by atoms with Crippen molar-refractivity contribution in [2.24, 2.45) is 11.8 Å². The number of rotatable bonds is 3. The highest BCUT2D eigenvalue weighted by atomic mass is 32.2. The Morgan fingerprint density at radius 3 is 2.50 bits per heavy atom. The first-order valence-corrected chi connectivity index (χ1v) is 6.31. The summed E-state index contributed by atoms with van der Waals surface area (Å²) in [7, 11) is 0. The lowest BCUT2D eigenvalue weighted by Gasteiger charge is -2.17. The van der Waals surface area contributed by atoms with Crippen molar-refractivity contribution >= 4 is 11.8 Å². The minimum Gasteiger partial charge on any atom is -0.133 e. The fourth-order valence-electron chi connectivity index (χ4n) is 2.07. The molecule has 0 fully saturated rings. The molecule has 2 unspecified atom stereocenters. The van der Waals surface area contributed by atoms with Crippen LogP contribution in [0.5, 0.6) is 0 Å². The molecule has 2 rings (SSSR count). The standard InChI is InChI=1S/C13H16S/c1-10-5-3-6-11(10)9-12-7-4-8-13(12)14-2/h3-8,11-12H,9H2,1-2H3. The van der Waals surface area contributed by atoms with Crippen LogP contribution < -0.4 is 0 Å².